The minimum atomic E-state index is 0.137. The van der Waals surface area contributed by atoms with Gasteiger partial charge in [0.2, 0.25) is 0 Å². The van der Waals surface area contributed by atoms with E-state index >= 15 is 0 Å². The summed E-state index contributed by atoms with van der Waals surface area (Å²) in [6, 6.07) is 37.9. The smallest absolute Gasteiger partial charge is 0.118 e. The minimum Gasteiger partial charge on any atom is -0.497 e. The summed E-state index contributed by atoms with van der Waals surface area (Å²) in [5.41, 5.74) is 5.52. The fraction of sp³-hybridized carbons (Fsp3) is 0.257. The summed E-state index contributed by atoms with van der Waals surface area (Å²) in [7, 11) is 1.74. The van der Waals surface area contributed by atoms with Gasteiger partial charge in [-0.05, 0) is 94.3 Å². The van der Waals surface area contributed by atoms with Gasteiger partial charge in [0.1, 0.15) is 5.75 Å². The van der Waals surface area contributed by atoms with Crippen molar-refractivity contribution in [3.63, 3.8) is 0 Å². The molecule has 2 nitrogen and oxygen atoms in total. The zero-order chi connectivity index (χ0) is 25.0. The molecule has 1 unspecified atom stereocenters. The van der Waals surface area contributed by atoms with Gasteiger partial charge in [-0.15, -0.1) is 0 Å². The van der Waals surface area contributed by atoms with E-state index in [1.807, 2.05) is 0 Å². The van der Waals surface area contributed by atoms with Crippen molar-refractivity contribution in [3.05, 3.63) is 125 Å². The lowest BCUT2D eigenvalue weighted by atomic mass is 9.79. The lowest BCUT2D eigenvalue weighted by Crippen LogP contribution is -2.31. The second kappa shape index (κ2) is 10.8. The average molecular weight is 486 g/mol. The molecule has 1 aliphatic rings. The number of piperidine rings is 1. The van der Waals surface area contributed by atoms with E-state index in [-0.39, 0.29) is 5.92 Å². The quantitative estimate of drug-likeness (QED) is 0.170. The number of hydrogen-bond donors (Lipinski definition) is 0. The highest BCUT2D eigenvalue weighted by Crippen LogP contribution is 2.41. The highest BCUT2D eigenvalue weighted by Gasteiger charge is 2.23. The first-order valence-corrected chi connectivity index (χ1v) is 13.7. The molecule has 37 heavy (non-hydrogen) atoms. The molecule has 5 aromatic carbocycles. The van der Waals surface area contributed by atoms with Gasteiger partial charge in [0.25, 0.3) is 0 Å². The maximum absolute atomic E-state index is 5.51. The maximum atomic E-state index is 5.51. The first-order chi connectivity index (χ1) is 18.3. The molecule has 0 aliphatic carbocycles. The van der Waals surface area contributed by atoms with E-state index in [1.54, 1.807) is 7.11 Å². The molecule has 0 aromatic heterocycles. The van der Waals surface area contributed by atoms with E-state index in [9.17, 15) is 0 Å². The Morgan fingerprint density at radius 1 is 0.676 bits per heavy atom. The summed E-state index contributed by atoms with van der Waals surface area (Å²) in [6.07, 6.45) is 5.12. The fourth-order valence-corrected chi connectivity index (χ4v) is 6.15. The lowest BCUT2D eigenvalue weighted by molar-refractivity contribution is 0.231. The Morgan fingerprint density at radius 3 is 2.14 bits per heavy atom. The van der Waals surface area contributed by atoms with Crippen LogP contribution < -0.4 is 4.74 Å². The summed E-state index contributed by atoms with van der Waals surface area (Å²) in [4.78, 5) is 2.65. The minimum absolute atomic E-state index is 0.137. The van der Waals surface area contributed by atoms with Crippen LogP contribution in [0.4, 0.5) is 0 Å². The third kappa shape index (κ3) is 4.86. The second-order valence-electron chi connectivity index (χ2n) is 10.3. The zero-order valence-corrected chi connectivity index (χ0v) is 21.7. The molecule has 0 spiro atoms. The van der Waals surface area contributed by atoms with Gasteiger partial charge in [-0.25, -0.2) is 0 Å². The molecule has 1 saturated heterocycles. The predicted octanol–water partition coefficient (Wildman–Crippen LogP) is 8.21. The Bertz CT molecular complexity index is 1500. The third-order valence-corrected chi connectivity index (χ3v) is 8.07. The van der Waals surface area contributed by atoms with Crippen molar-refractivity contribution in [2.24, 2.45) is 0 Å². The lowest BCUT2D eigenvalue weighted by Gasteiger charge is -2.28. The summed E-state index contributed by atoms with van der Waals surface area (Å²) < 4.78 is 5.51. The molecule has 0 amide bonds. The Labute approximate surface area is 220 Å². The second-order valence-corrected chi connectivity index (χ2v) is 10.3. The van der Waals surface area contributed by atoms with E-state index in [0.717, 1.165) is 18.7 Å². The predicted molar refractivity (Wildman–Crippen MR) is 156 cm³/mol. The average Bonchev–Trinajstić information content (AvgIpc) is 2.98. The van der Waals surface area contributed by atoms with Gasteiger partial charge >= 0.3 is 0 Å². The highest BCUT2D eigenvalue weighted by molar-refractivity contribution is 6.09. The number of hydrogen-bond acceptors (Lipinski definition) is 2. The van der Waals surface area contributed by atoms with Crippen molar-refractivity contribution in [3.8, 4) is 5.75 Å². The van der Waals surface area contributed by atoms with Crippen LogP contribution in [0.2, 0.25) is 0 Å². The molecule has 1 atom stereocenters. The van der Waals surface area contributed by atoms with Crippen molar-refractivity contribution >= 4 is 21.5 Å². The van der Waals surface area contributed by atoms with E-state index in [2.05, 4.69) is 108 Å². The summed E-state index contributed by atoms with van der Waals surface area (Å²) >= 11 is 0. The third-order valence-electron chi connectivity index (χ3n) is 8.07. The van der Waals surface area contributed by atoms with Gasteiger partial charge in [0, 0.05) is 12.5 Å². The van der Waals surface area contributed by atoms with Gasteiger partial charge < -0.3 is 9.64 Å². The molecule has 0 N–H and O–H groups in total. The van der Waals surface area contributed by atoms with Crippen LogP contribution in [0.25, 0.3) is 21.5 Å². The number of likely N-dealkylation sites (tertiary alicyclic amines) is 1. The summed E-state index contributed by atoms with van der Waals surface area (Å²) in [5, 5.41) is 5.25. The largest absolute Gasteiger partial charge is 0.497 e. The van der Waals surface area contributed by atoms with E-state index in [4.69, 9.17) is 4.74 Å². The Morgan fingerprint density at radius 2 is 1.35 bits per heavy atom. The fourth-order valence-electron chi connectivity index (χ4n) is 6.15. The first-order valence-electron chi connectivity index (χ1n) is 13.7. The van der Waals surface area contributed by atoms with Crippen molar-refractivity contribution in [2.45, 2.75) is 31.6 Å². The Balaban J connectivity index is 1.52. The number of methoxy groups -OCH3 is 1. The van der Waals surface area contributed by atoms with Crippen LogP contribution in [-0.4, -0.2) is 31.6 Å². The number of nitrogens with zero attached hydrogens (tertiary/aromatic N) is 1. The van der Waals surface area contributed by atoms with Crippen LogP contribution in [-0.2, 0) is 6.42 Å². The zero-order valence-electron chi connectivity index (χ0n) is 21.7. The summed E-state index contributed by atoms with van der Waals surface area (Å²) in [6.45, 7) is 3.60. The van der Waals surface area contributed by atoms with Crippen LogP contribution in [0.5, 0.6) is 5.75 Å². The number of ether oxygens (including phenoxy) is 1. The molecule has 186 valence electrons. The van der Waals surface area contributed by atoms with Gasteiger partial charge in [0.05, 0.1) is 7.11 Å². The molecule has 2 heteroatoms. The molecular weight excluding hydrogens is 450 g/mol. The topological polar surface area (TPSA) is 12.5 Å². The monoisotopic (exact) mass is 485 g/mol. The molecule has 0 bridgehead atoms. The van der Waals surface area contributed by atoms with E-state index in [0.29, 0.717) is 0 Å². The van der Waals surface area contributed by atoms with E-state index < -0.39 is 0 Å². The van der Waals surface area contributed by atoms with Gasteiger partial charge in [-0.2, -0.15) is 0 Å². The molecule has 0 radical (unpaired) electrons. The van der Waals surface area contributed by atoms with Crippen molar-refractivity contribution in [1.82, 2.24) is 4.90 Å². The number of rotatable bonds is 7. The number of benzene rings is 5. The van der Waals surface area contributed by atoms with Crippen LogP contribution in [0.15, 0.2) is 103 Å². The van der Waals surface area contributed by atoms with Crippen LogP contribution in [0.1, 0.15) is 47.4 Å². The van der Waals surface area contributed by atoms with Gasteiger partial charge in [0.15, 0.2) is 0 Å². The molecule has 0 saturated carbocycles. The SMILES string of the molecule is COc1ccc(C(c2ccccc2CCN2CCCCC2)c2cc3ccccc3c3ccccc23)cc1. The molecule has 1 fully saturated rings. The molecule has 6 rings (SSSR count). The first kappa shape index (κ1) is 23.8. The van der Waals surface area contributed by atoms with Crippen molar-refractivity contribution in [2.75, 3.05) is 26.7 Å². The molecular formula is C35H35NO. The molecule has 5 aromatic rings. The summed E-state index contributed by atoms with van der Waals surface area (Å²) in [5.74, 6) is 1.03. The molecule has 1 aliphatic heterocycles. The Kier molecular flexibility index (Phi) is 6.92. The van der Waals surface area contributed by atoms with Crippen molar-refractivity contribution < 1.29 is 4.74 Å². The number of fused-ring (bicyclic) bond motifs is 3. The normalized spacial score (nSPS) is 15.2. The Hall–Kier alpha value is -3.62. The van der Waals surface area contributed by atoms with E-state index in [1.165, 1.54) is 76.2 Å². The maximum Gasteiger partial charge on any atom is 0.118 e. The van der Waals surface area contributed by atoms with Crippen LogP contribution in [0.3, 0.4) is 0 Å². The van der Waals surface area contributed by atoms with Gasteiger partial charge in [-0.3, -0.25) is 0 Å². The standard InChI is InChI=1S/C35H35NO/c1-37-29-19-17-27(18-20-29)35(31-14-6-3-11-26(31)21-24-36-22-9-2-10-23-36)34-25-28-12-4-5-13-30(28)32-15-7-8-16-33(32)34/h3-8,11-20,25,35H,2,9-10,21-24H2,1H3. The van der Waals surface area contributed by atoms with Crippen molar-refractivity contribution in [1.29, 1.82) is 0 Å². The highest BCUT2D eigenvalue weighted by atomic mass is 16.5. The van der Waals surface area contributed by atoms with Crippen LogP contribution >= 0.6 is 0 Å². The molecule has 1 heterocycles. The van der Waals surface area contributed by atoms with Crippen LogP contribution in [0, 0.1) is 0 Å². The van der Waals surface area contributed by atoms with Gasteiger partial charge in [-0.1, -0.05) is 91.3 Å².